The van der Waals surface area contributed by atoms with Gasteiger partial charge in [0.1, 0.15) is 0 Å². The lowest BCUT2D eigenvalue weighted by atomic mass is 9.82. The number of fused-ring (bicyclic) bond motifs is 1. The van der Waals surface area contributed by atoms with Crippen LogP contribution in [0, 0.1) is 18.8 Å². The highest BCUT2D eigenvalue weighted by atomic mass is 16.7. The van der Waals surface area contributed by atoms with Gasteiger partial charge in [-0.05, 0) is 49.1 Å². The molecule has 2 fully saturated rings. The number of hydrogen-bond donors (Lipinski definition) is 0. The van der Waals surface area contributed by atoms with Crippen molar-refractivity contribution >= 4 is 23.2 Å². The zero-order valence-corrected chi connectivity index (χ0v) is 18.0. The third-order valence-corrected chi connectivity index (χ3v) is 6.37. The molecule has 5 nitrogen and oxygen atoms in total. The topological polar surface area (TPSA) is 49.9 Å². The standard InChI is InChI=1S/C25H30N2O3/c1-4-6-12-18(5-2)22-21-23(30-27(22)19-13-8-7-9-14-19)25(29)26(24(21)28)20-15-10-11-17(3)16-20/h7-11,13-16,18,21-23H,4-6,12H2,1-3H3/t18-,21-,22+,23-/m0/s1. The Morgan fingerprint density at radius 2 is 1.70 bits per heavy atom. The number of imide groups is 1. The second-order valence-corrected chi connectivity index (χ2v) is 8.37. The van der Waals surface area contributed by atoms with Gasteiger partial charge in [-0.2, -0.15) is 0 Å². The number of carbonyl (C=O) groups is 2. The number of amides is 2. The summed E-state index contributed by atoms with van der Waals surface area (Å²) in [4.78, 5) is 34.5. The Morgan fingerprint density at radius 3 is 2.37 bits per heavy atom. The first kappa shape index (κ1) is 20.6. The van der Waals surface area contributed by atoms with Crippen LogP contribution in [0.15, 0.2) is 54.6 Å². The molecule has 0 unspecified atom stereocenters. The minimum Gasteiger partial charge on any atom is -0.273 e. The van der Waals surface area contributed by atoms with Gasteiger partial charge < -0.3 is 0 Å². The third kappa shape index (κ3) is 3.52. The van der Waals surface area contributed by atoms with E-state index in [1.807, 2.05) is 66.6 Å². The minimum atomic E-state index is -0.765. The minimum absolute atomic E-state index is 0.144. The van der Waals surface area contributed by atoms with Crippen LogP contribution in [0.25, 0.3) is 0 Å². The largest absolute Gasteiger partial charge is 0.273 e. The van der Waals surface area contributed by atoms with Gasteiger partial charge in [-0.3, -0.25) is 14.4 Å². The van der Waals surface area contributed by atoms with Crippen LogP contribution >= 0.6 is 0 Å². The van der Waals surface area contributed by atoms with E-state index in [-0.39, 0.29) is 23.8 Å². The normalized spacial score (nSPS) is 24.4. The Kier molecular flexibility index (Phi) is 5.91. The lowest BCUT2D eigenvalue weighted by molar-refractivity contribution is -0.126. The van der Waals surface area contributed by atoms with E-state index in [1.165, 1.54) is 4.90 Å². The molecule has 0 saturated carbocycles. The first-order chi connectivity index (χ1) is 14.6. The molecule has 2 aliphatic rings. The monoisotopic (exact) mass is 406 g/mol. The molecule has 0 aliphatic carbocycles. The molecule has 2 aromatic carbocycles. The highest BCUT2D eigenvalue weighted by Gasteiger charge is 2.61. The first-order valence-corrected chi connectivity index (χ1v) is 11.0. The quantitative estimate of drug-likeness (QED) is 0.614. The van der Waals surface area contributed by atoms with E-state index in [1.54, 1.807) is 0 Å². The molecular formula is C25H30N2O3. The Labute approximate surface area is 178 Å². The van der Waals surface area contributed by atoms with Crippen LogP contribution in [-0.2, 0) is 14.4 Å². The lowest BCUT2D eigenvalue weighted by Crippen LogP contribution is -2.44. The van der Waals surface area contributed by atoms with Crippen LogP contribution in [0.2, 0.25) is 0 Å². The van der Waals surface area contributed by atoms with Crippen molar-refractivity contribution in [3.63, 3.8) is 0 Å². The molecule has 0 N–H and O–H groups in total. The highest BCUT2D eigenvalue weighted by Crippen LogP contribution is 2.44. The van der Waals surface area contributed by atoms with E-state index < -0.39 is 12.0 Å². The number of aryl methyl sites for hydroxylation is 1. The molecule has 0 bridgehead atoms. The van der Waals surface area contributed by atoms with E-state index in [0.29, 0.717) is 5.69 Å². The number of rotatable bonds is 7. The molecule has 2 aromatic rings. The molecule has 30 heavy (non-hydrogen) atoms. The van der Waals surface area contributed by atoms with Gasteiger partial charge in [0, 0.05) is 0 Å². The van der Waals surface area contributed by atoms with Crippen molar-refractivity contribution in [2.45, 2.75) is 58.6 Å². The summed E-state index contributed by atoms with van der Waals surface area (Å²) in [5.41, 5.74) is 2.55. The number of para-hydroxylation sites is 1. The molecule has 0 spiro atoms. The van der Waals surface area contributed by atoms with Crippen molar-refractivity contribution in [3.8, 4) is 0 Å². The predicted molar refractivity (Wildman–Crippen MR) is 118 cm³/mol. The van der Waals surface area contributed by atoms with Gasteiger partial charge >= 0.3 is 0 Å². The van der Waals surface area contributed by atoms with Gasteiger partial charge in [-0.15, -0.1) is 0 Å². The Morgan fingerprint density at radius 1 is 0.967 bits per heavy atom. The maximum atomic E-state index is 13.6. The second-order valence-electron chi connectivity index (χ2n) is 8.37. The molecule has 2 amide bonds. The average Bonchev–Trinajstić information content (AvgIpc) is 3.26. The molecule has 2 saturated heterocycles. The van der Waals surface area contributed by atoms with E-state index in [4.69, 9.17) is 4.84 Å². The molecule has 4 rings (SSSR count). The smallest absolute Gasteiger partial charge is 0.266 e. The van der Waals surface area contributed by atoms with Gasteiger partial charge in [-0.1, -0.05) is 63.4 Å². The lowest BCUT2D eigenvalue weighted by Gasteiger charge is -2.33. The van der Waals surface area contributed by atoms with Crippen molar-refractivity contribution < 1.29 is 14.4 Å². The Bertz CT molecular complexity index is 914. The van der Waals surface area contributed by atoms with Crippen molar-refractivity contribution in [1.82, 2.24) is 0 Å². The van der Waals surface area contributed by atoms with E-state index in [9.17, 15) is 9.59 Å². The number of nitrogens with zero attached hydrogens (tertiary/aromatic N) is 2. The zero-order chi connectivity index (χ0) is 21.3. The number of hydroxylamine groups is 1. The number of benzene rings is 2. The Hall–Kier alpha value is -2.66. The van der Waals surface area contributed by atoms with Crippen LogP contribution < -0.4 is 9.96 Å². The fourth-order valence-electron chi connectivity index (χ4n) is 4.84. The van der Waals surface area contributed by atoms with Crippen LogP contribution in [0.3, 0.4) is 0 Å². The molecule has 2 aliphatic heterocycles. The van der Waals surface area contributed by atoms with Crippen molar-refractivity contribution in [1.29, 1.82) is 0 Å². The highest BCUT2D eigenvalue weighted by molar-refractivity contribution is 6.23. The summed E-state index contributed by atoms with van der Waals surface area (Å²) in [6, 6.07) is 17.2. The maximum absolute atomic E-state index is 13.6. The van der Waals surface area contributed by atoms with E-state index in [0.717, 1.165) is 36.9 Å². The van der Waals surface area contributed by atoms with Gasteiger partial charge in [0.05, 0.1) is 23.3 Å². The molecule has 5 heteroatoms. The summed E-state index contributed by atoms with van der Waals surface area (Å²) in [5.74, 6) is -0.618. The number of hydrogen-bond acceptors (Lipinski definition) is 4. The molecule has 4 atom stereocenters. The van der Waals surface area contributed by atoms with E-state index >= 15 is 0 Å². The number of carbonyl (C=O) groups excluding carboxylic acids is 2. The number of unbranched alkanes of at least 4 members (excludes halogenated alkanes) is 1. The van der Waals surface area contributed by atoms with E-state index in [2.05, 4.69) is 13.8 Å². The molecule has 0 radical (unpaired) electrons. The van der Waals surface area contributed by atoms with Crippen molar-refractivity contribution in [2.75, 3.05) is 9.96 Å². The summed E-state index contributed by atoms with van der Waals surface area (Å²) in [5, 5.41) is 1.85. The van der Waals surface area contributed by atoms with Gasteiger partial charge in [-0.25, -0.2) is 9.96 Å². The fraction of sp³-hybridized carbons (Fsp3) is 0.440. The maximum Gasteiger partial charge on any atom is 0.266 e. The summed E-state index contributed by atoms with van der Waals surface area (Å²) < 4.78 is 0. The van der Waals surface area contributed by atoms with Gasteiger partial charge in [0.15, 0.2) is 6.10 Å². The van der Waals surface area contributed by atoms with Crippen LogP contribution in [0.1, 0.15) is 45.1 Å². The van der Waals surface area contributed by atoms with Gasteiger partial charge in [0.2, 0.25) is 5.91 Å². The summed E-state index contributed by atoms with van der Waals surface area (Å²) in [6.45, 7) is 6.30. The summed E-state index contributed by atoms with van der Waals surface area (Å²) >= 11 is 0. The molecular weight excluding hydrogens is 376 g/mol. The molecule has 158 valence electrons. The number of anilines is 2. The average molecular weight is 407 g/mol. The fourth-order valence-corrected chi connectivity index (χ4v) is 4.84. The van der Waals surface area contributed by atoms with Crippen LogP contribution in [-0.4, -0.2) is 24.0 Å². The predicted octanol–water partition coefficient (Wildman–Crippen LogP) is 4.89. The Balaban J connectivity index is 1.72. The van der Waals surface area contributed by atoms with Gasteiger partial charge in [0.25, 0.3) is 5.91 Å². The molecule has 0 aromatic heterocycles. The zero-order valence-electron chi connectivity index (χ0n) is 18.0. The second kappa shape index (κ2) is 8.60. The van der Waals surface area contributed by atoms with Crippen LogP contribution in [0.5, 0.6) is 0 Å². The van der Waals surface area contributed by atoms with Crippen molar-refractivity contribution in [3.05, 3.63) is 60.2 Å². The van der Waals surface area contributed by atoms with Crippen molar-refractivity contribution in [2.24, 2.45) is 11.8 Å². The third-order valence-electron chi connectivity index (χ3n) is 6.37. The SMILES string of the molecule is CCCC[C@H](CC)[C@@H]1[C@@H]2C(=O)N(c3cccc(C)c3)C(=O)[C@H]2ON1c1ccccc1. The first-order valence-electron chi connectivity index (χ1n) is 11.0. The molecule has 2 heterocycles. The summed E-state index contributed by atoms with van der Waals surface area (Å²) in [6.07, 6.45) is 3.38. The van der Waals surface area contributed by atoms with Crippen LogP contribution in [0.4, 0.5) is 11.4 Å². The summed E-state index contributed by atoms with van der Waals surface area (Å²) in [7, 11) is 0.